The van der Waals surface area contributed by atoms with E-state index < -0.39 is 11.6 Å². The first-order chi connectivity index (χ1) is 13.9. The second-order valence-electron chi connectivity index (χ2n) is 8.59. The van der Waals surface area contributed by atoms with E-state index >= 15 is 0 Å². The van der Waals surface area contributed by atoms with Crippen LogP contribution in [0.2, 0.25) is 5.02 Å². The van der Waals surface area contributed by atoms with Crippen LogP contribution in [0, 0.1) is 5.92 Å². The Morgan fingerprint density at radius 1 is 1.24 bits per heavy atom. The van der Waals surface area contributed by atoms with Gasteiger partial charge in [0.05, 0.1) is 6.04 Å². The molecule has 2 atom stereocenters. The molecule has 1 saturated carbocycles. The van der Waals surface area contributed by atoms with Gasteiger partial charge in [-0.1, -0.05) is 36.9 Å². The lowest BCUT2D eigenvalue weighted by Crippen LogP contribution is -2.59. The molecule has 2 aliphatic rings. The molecule has 1 aliphatic carbocycles. The molecule has 2 amide bonds. The third-order valence-electron chi connectivity index (χ3n) is 6.67. The van der Waals surface area contributed by atoms with Crippen molar-refractivity contribution in [3.05, 3.63) is 34.3 Å². The average molecular weight is 421 g/mol. The van der Waals surface area contributed by atoms with Gasteiger partial charge in [-0.15, -0.1) is 0 Å². The topological polar surface area (TPSA) is 101 Å². The minimum atomic E-state index is -0.870. The minimum absolute atomic E-state index is 0.0857. The number of benzene rings is 1. The molecule has 6 nitrogen and oxygen atoms in total. The van der Waals surface area contributed by atoms with Gasteiger partial charge in [-0.2, -0.15) is 0 Å². The molecule has 0 aromatic heterocycles. The number of hydrogen-bond donors (Lipinski definition) is 3. The van der Waals surface area contributed by atoms with Crippen molar-refractivity contribution in [3.63, 3.8) is 0 Å². The van der Waals surface area contributed by atoms with Crippen LogP contribution in [0.15, 0.2) is 18.2 Å². The Hall–Kier alpha value is -1.63. The van der Waals surface area contributed by atoms with Crippen LogP contribution in [0.4, 0.5) is 0 Å². The first-order valence-electron chi connectivity index (χ1n) is 10.7. The molecule has 2 fully saturated rings. The van der Waals surface area contributed by atoms with Gasteiger partial charge in [0.1, 0.15) is 5.54 Å². The van der Waals surface area contributed by atoms with Crippen molar-refractivity contribution in [1.82, 2.24) is 10.2 Å². The van der Waals surface area contributed by atoms with Crippen molar-refractivity contribution in [2.75, 3.05) is 6.54 Å². The van der Waals surface area contributed by atoms with Crippen LogP contribution in [-0.2, 0) is 22.7 Å². The number of carbonyl (C=O) groups is 2. The number of nitrogens with two attached hydrogens (primary N) is 2. The zero-order chi connectivity index (χ0) is 21.0. The smallest absolute Gasteiger partial charge is 0.245 e. The van der Waals surface area contributed by atoms with Crippen molar-refractivity contribution in [2.24, 2.45) is 17.4 Å². The molecule has 1 aromatic rings. The van der Waals surface area contributed by atoms with E-state index in [1.165, 1.54) is 6.42 Å². The predicted molar refractivity (Wildman–Crippen MR) is 115 cm³/mol. The zero-order valence-electron chi connectivity index (χ0n) is 17.3. The van der Waals surface area contributed by atoms with Gasteiger partial charge in [0.25, 0.3) is 0 Å². The maximum atomic E-state index is 13.2. The summed E-state index contributed by atoms with van der Waals surface area (Å²) in [7, 11) is 0. The number of rotatable bonds is 6. The summed E-state index contributed by atoms with van der Waals surface area (Å²) >= 11 is 6.10. The highest BCUT2D eigenvalue weighted by Crippen LogP contribution is 2.33. The molecule has 1 aromatic carbocycles. The van der Waals surface area contributed by atoms with Crippen LogP contribution >= 0.6 is 11.6 Å². The number of halogens is 1. The van der Waals surface area contributed by atoms with Crippen molar-refractivity contribution in [2.45, 2.75) is 76.5 Å². The number of hydrogen-bond acceptors (Lipinski definition) is 4. The quantitative estimate of drug-likeness (QED) is 0.658. The number of likely N-dealkylation sites (tertiary alicyclic amines) is 1. The Morgan fingerprint density at radius 2 is 1.97 bits per heavy atom. The monoisotopic (exact) mass is 420 g/mol. The molecule has 1 saturated heterocycles. The molecule has 0 bridgehead atoms. The SMILES string of the molecule is C[C@@]1(C(=O)NCc2cc(Cl)ccc2CN)CCCN1C(=O)[C@H](N)C1CCCCC1. The number of amides is 2. The van der Waals surface area contributed by atoms with Gasteiger partial charge in [0.15, 0.2) is 0 Å². The Bertz CT molecular complexity index is 750. The van der Waals surface area contributed by atoms with E-state index in [-0.39, 0.29) is 17.7 Å². The van der Waals surface area contributed by atoms with E-state index in [0.29, 0.717) is 31.1 Å². The average Bonchev–Trinajstić information content (AvgIpc) is 3.14. The van der Waals surface area contributed by atoms with Crippen molar-refractivity contribution in [3.8, 4) is 0 Å². The summed E-state index contributed by atoms with van der Waals surface area (Å²) in [5, 5.41) is 3.60. The summed E-state index contributed by atoms with van der Waals surface area (Å²) in [6, 6.07) is 4.97. The van der Waals surface area contributed by atoms with Crippen molar-refractivity contribution >= 4 is 23.4 Å². The van der Waals surface area contributed by atoms with Crippen LogP contribution in [0.3, 0.4) is 0 Å². The summed E-state index contributed by atoms with van der Waals surface area (Å²) in [5.74, 6) is -0.0117. The van der Waals surface area contributed by atoms with Gasteiger partial charge < -0.3 is 21.7 Å². The van der Waals surface area contributed by atoms with Crippen LogP contribution in [-0.4, -0.2) is 34.8 Å². The number of nitrogens with one attached hydrogen (secondary N) is 1. The zero-order valence-corrected chi connectivity index (χ0v) is 18.0. The van der Waals surface area contributed by atoms with Gasteiger partial charge in [-0.05, 0) is 61.8 Å². The Kier molecular flexibility index (Phi) is 7.19. The minimum Gasteiger partial charge on any atom is -0.350 e. The molecule has 3 rings (SSSR count). The Labute approximate surface area is 178 Å². The Morgan fingerprint density at radius 3 is 2.66 bits per heavy atom. The fourth-order valence-corrected chi connectivity index (χ4v) is 4.95. The predicted octanol–water partition coefficient (Wildman–Crippen LogP) is 2.70. The highest BCUT2D eigenvalue weighted by molar-refractivity contribution is 6.30. The highest BCUT2D eigenvalue weighted by Gasteiger charge is 2.47. The lowest BCUT2D eigenvalue weighted by Gasteiger charge is -2.37. The fraction of sp³-hybridized carbons (Fsp3) is 0.636. The Balaban J connectivity index is 1.68. The fourth-order valence-electron chi connectivity index (χ4n) is 4.75. The first-order valence-corrected chi connectivity index (χ1v) is 11.1. The standard InChI is InChI=1S/C22H33ClN4O2/c1-22(21(29)26-14-17-12-18(23)9-8-16(17)13-24)10-5-11-27(22)20(28)19(25)15-6-3-2-4-7-15/h8-9,12,15,19H,2-7,10-11,13-14,24-25H2,1H3,(H,26,29)/t19-,22+/m1/s1. The first kappa shape index (κ1) is 22.1. The van der Waals surface area contributed by atoms with E-state index in [1.54, 1.807) is 11.0 Å². The molecule has 0 spiro atoms. The molecular weight excluding hydrogens is 388 g/mol. The van der Waals surface area contributed by atoms with Crippen molar-refractivity contribution in [1.29, 1.82) is 0 Å². The van der Waals surface area contributed by atoms with Crippen LogP contribution < -0.4 is 16.8 Å². The van der Waals surface area contributed by atoms with Crippen LogP contribution in [0.25, 0.3) is 0 Å². The second-order valence-corrected chi connectivity index (χ2v) is 9.03. The molecule has 5 N–H and O–H groups in total. The molecule has 0 unspecified atom stereocenters. The molecule has 29 heavy (non-hydrogen) atoms. The summed E-state index contributed by atoms with van der Waals surface area (Å²) < 4.78 is 0. The van der Waals surface area contributed by atoms with Gasteiger partial charge in [-0.3, -0.25) is 9.59 Å². The summed E-state index contributed by atoms with van der Waals surface area (Å²) in [6.45, 7) is 3.13. The summed E-state index contributed by atoms with van der Waals surface area (Å²) in [4.78, 5) is 28.0. The molecule has 1 aliphatic heterocycles. The largest absolute Gasteiger partial charge is 0.350 e. The van der Waals surface area contributed by atoms with E-state index in [2.05, 4.69) is 5.32 Å². The van der Waals surface area contributed by atoms with Gasteiger partial charge in [0.2, 0.25) is 11.8 Å². The third-order valence-corrected chi connectivity index (χ3v) is 6.90. The number of carbonyl (C=O) groups excluding carboxylic acids is 2. The molecule has 1 heterocycles. The van der Waals surface area contributed by atoms with E-state index in [9.17, 15) is 9.59 Å². The van der Waals surface area contributed by atoms with Crippen LogP contribution in [0.5, 0.6) is 0 Å². The molecule has 160 valence electrons. The summed E-state index contributed by atoms with van der Waals surface area (Å²) in [5.41, 5.74) is 13.1. The second kappa shape index (κ2) is 9.45. The molecule has 0 radical (unpaired) electrons. The lowest BCUT2D eigenvalue weighted by molar-refractivity contribution is -0.146. The van der Waals surface area contributed by atoms with Crippen molar-refractivity contribution < 1.29 is 9.59 Å². The maximum Gasteiger partial charge on any atom is 0.245 e. The van der Waals surface area contributed by atoms with E-state index in [4.69, 9.17) is 23.1 Å². The molecule has 7 heteroatoms. The van der Waals surface area contributed by atoms with Gasteiger partial charge >= 0.3 is 0 Å². The summed E-state index contributed by atoms with van der Waals surface area (Å²) in [6.07, 6.45) is 6.93. The van der Waals surface area contributed by atoms with Crippen LogP contribution in [0.1, 0.15) is 63.0 Å². The maximum absolute atomic E-state index is 13.2. The number of nitrogens with zero attached hydrogens (tertiary/aromatic N) is 1. The van der Waals surface area contributed by atoms with E-state index in [0.717, 1.165) is 43.2 Å². The van der Waals surface area contributed by atoms with Gasteiger partial charge in [0, 0.05) is 24.7 Å². The third kappa shape index (κ3) is 4.76. The molecular formula is C22H33ClN4O2. The lowest BCUT2D eigenvalue weighted by atomic mass is 9.83. The highest BCUT2D eigenvalue weighted by atomic mass is 35.5. The normalized spacial score (nSPS) is 23.8. The van der Waals surface area contributed by atoms with Gasteiger partial charge in [-0.25, -0.2) is 0 Å². The van der Waals surface area contributed by atoms with E-state index in [1.807, 2.05) is 19.1 Å².